The number of likely N-dealkylation sites (N-methyl/N-ethyl adjacent to an activating group) is 1. The van der Waals surface area contributed by atoms with E-state index in [4.69, 9.17) is 11.6 Å². The first kappa shape index (κ1) is 23.5. The van der Waals surface area contributed by atoms with Crippen LogP contribution in [0.3, 0.4) is 0 Å². The molecule has 4 atom stereocenters. The second-order valence-electron chi connectivity index (χ2n) is 9.83. The highest BCUT2D eigenvalue weighted by atomic mass is 35.5. The SMILES string of the molecule is CCN1CCC[C@H]1[C@@H](C(=O)N1CCN(c2ncnc3c2[C@H](C)C[C@H]3O)CC1)c1ccc(Cl)cc1. The zero-order chi connectivity index (χ0) is 23.8. The van der Waals surface area contributed by atoms with E-state index >= 15 is 0 Å². The number of carbonyl (C=O) groups excluding carboxylic acids is 1. The highest BCUT2D eigenvalue weighted by molar-refractivity contribution is 6.30. The predicted octanol–water partition coefficient (Wildman–Crippen LogP) is 3.59. The molecule has 34 heavy (non-hydrogen) atoms. The Labute approximate surface area is 206 Å². The highest BCUT2D eigenvalue weighted by Gasteiger charge is 2.40. The van der Waals surface area contributed by atoms with E-state index in [0.717, 1.165) is 61.7 Å². The molecular formula is C26H34ClN5O2. The average Bonchev–Trinajstić information content (AvgIpc) is 3.44. The number of halogens is 1. The van der Waals surface area contributed by atoms with Gasteiger partial charge in [-0.3, -0.25) is 9.69 Å². The van der Waals surface area contributed by atoms with Crippen LogP contribution in [0.4, 0.5) is 5.82 Å². The van der Waals surface area contributed by atoms with Crippen LogP contribution in [-0.4, -0.2) is 76.1 Å². The van der Waals surface area contributed by atoms with E-state index < -0.39 is 6.10 Å². The lowest BCUT2D eigenvalue weighted by atomic mass is 9.88. The number of aliphatic hydroxyl groups excluding tert-OH is 1. The Kier molecular flexibility index (Phi) is 6.78. The number of aliphatic hydroxyl groups is 1. The number of benzene rings is 1. The molecule has 1 aliphatic carbocycles. The molecule has 0 radical (unpaired) electrons. The van der Waals surface area contributed by atoms with Gasteiger partial charge >= 0.3 is 0 Å². The monoisotopic (exact) mass is 483 g/mol. The van der Waals surface area contributed by atoms with E-state index in [-0.39, 0.29) is 23.8 Å². The molecule has 0 saturated carbocycles. The van der Waals surface area contributed by atoms with E-state index in [9.17, 15) is 9.90 Å². The summed E-state index contributed by atoms with van der Waals surface area (Å²) in [5.74, 6) is 1.19. The number of anilines is 1. The molecule has 2 aromatic rings. The third-order valence-corrected chi connectivity index (χ3v) is 8.12. The molecule has 3 aliphatic rings. The zero-order valence-corrected chi connectivity index (χ0v) is 20.8. The van der Waals surface area contributed by atoms with Crippen molar-refractivity contribution >= 4 is 23.3 Å². The number of carbonyl (C=O) groups is 1. The Balaban J connectivity index is 1.34. The van der Waals surface area contributed by atoms with Crippen LogP contribution < -0.4 is 4.90 Å². The molecule has 0 bridgehead atoms. The van der Waals surface area contributed by atoms with Crippen LogP contribution in [0, 0.1) is 0 Å². The van der Waals surface area contributed by atoms with Gasteiger partial charge in [-0.15, -0.1) is 0 Å². The quantitative estimate of drug-likeness (QED) is 0.700. The van der Waals surface area contributed by atoms with Crippen molar-refractivity contribution in [1.82, 2.24) is 19.8 Å². The average molecular weight is 484 g/mol. The van der Waals surface area contributed by atoms with Crippen LogP contribution >= 0.6 is 11.6 Å². The van der Waals surface area contributed by atoms with Crippen LogP contribution in [0.2, 0.25) is 5.02 Å². The minimum atomic E-state index is -0.511. The topological polar surface area (TPSA) is 72.8 Å². The third kappa shape index (κ3) is 4.30. The van der Waals surface area contributed by atoms with Crippen molar-refractivity contribution in [3.63, 3.8) is 0 Å². The van der Waals surface area contributed by atoms with E-state index in [2.05, 4.69) is 33.6 Å². The number of aromatic nitrogens is 2. The van der Waals surface area contributed by atoms with Gasteiger partial charge in [0.05, 0.1) is 17.7 Å². The molecule has 2 fully saturated rings. The summed E-state index contributed by atoms with van der Waals surface area (Å²) in [6.07, 6.45) is 3.91. The molecule has 3 heterocycles. The van der Waals surface area contributed by atoms with Gasteiger partial charge in [0.25, 0.3) is 0 Å². The predicted molar refractivity (Wildman–Crippen MR) is 133 cm³/mol. The van der Waals surface area contributed by atoms with E-state index in [1.807, 2.05) is 29.2 Å². The Morgan fingerprint density at radius 1 is 1.15 bits per heavy atom. The summed E-state index contributed by atoms with van der Waals surface area (Å²) in [7, 11) is 0. The molecule has 8 heteroatoms. The van der Waals surface area contributed by atoms with Crippen molar-refractivity contribution in [2.75, 3.05) is 44.2 Å². The van der Waals surface area contributed by atoms with Crippen LogP contribution in [0.5, 0.6) is 0 Å². The maximum atomic E-state index is 13.9. The van der Waals surface area contributed by atoms with Gasteiger partial charge in [-0.25, -0.2) is 9.97 Å². The zero-order valence-electron chi connectivity index (χ0n) is 20.0. The number of amides is 1. The van der Waals surface area contributed by atoms with Gasteiger partial charge < -0.3 is 14.9 Å². The standard InChI is InChI=1S/C26H34ClN5O2/c1-3-30-10-4-5-20(30)23(18-6-8-19(27)9-7-18)26(34)32-13-11-31(12-14-32)25-22-17(2)15-21(33)24(22)28-16-29-25/h6-9,16-17,20-21,23,33H,3-5,10-15H2,1-2H3/t17-,20+,21-,23+/m1/s1. The summed E-state index contributed by atoms with van der Waals surface area (Å²) in [6.45, 7) is 9.10. The van der Waals surface area contributed by atoms with E-state index in [1.54, 1.807) is 6.33 Å². The molecule has 0 spiro atoms. The summed E-state index contributed by atoms with van der Waals surface area (Å²) < 4.78 is 0. The number of fused-ring (bicyclic) bond motifs is 1. The molecule has 5 rings (SSSR count). The van der Waals surface area contributed by atoms with Crippen molar-refractivity contribution in [2.24, 2.45) is 0 Å². The Hall–Kier alpha value is -2.22. The number of nitrogens with zero attached hydrogens (tertiary/aromatic N) is 5. The van der Waals surface area contributed by atoms with Gasteiger partial charge in [-0.2, -0.15) is 0 Å². The van der Waals surface area contributed by atoms with Crippen LogP contribution in [0.15, 0.2) is 30.6 Å². The smallest absolute Gasteiger partial charge is 0.231 e. The van der Waals surface area contributed by atoms with Gasteiger partial charge in [0, 0.05) is 42.8 Å². The lowest BCUT2D eigenvalue weighted by molar-refractivity contribution is -0.134. The Morgan fingerprint density at radius 3 is 2.59 bits per heavy atom. The van der Waals surface area contributed by atoms with Gasteiger partial charge in [0.15, 0.2) is 0 Å². The van der Waals surface area contributed by atoms with Crippen LogP contribution in [-0.2, 0) is 4.79 Å². The molecule has 1 amide bonds. The number of hydrogen-bond acceptors (Lipinski definition) is 6. The second kappa shape index (κ2) is 9.80. The van der Waals surface area contributed by atoms with E-state index in [0.29, 0.717) is 24.5 Å². The number of rotatable bonds is 5. The van der Waals surface area contributed by atoms with Crippen LogP contribution in [0.25, 0.3) is 0 Å². The van der Waals surface area contributed by atoms with Crippen molar-refractivity contribution in [3.05, 3.63) is 52.4 Å². The molecule has 2 aliphatic heterocycles. The fourth-order valence-electron chi connectivity index (χ4n) is 6.11. The van der Waals surface area contributed by atoms with Crippen molar-refractivity contribution in [3.8, 4) is 0 Å². The molecule has 2 saturated heterocycles. The van der Waals surface area contributed by atoms with Crippen molar-refractivity contribution in [2.45, 2.75) is 57.1 Å². The molecule has 182 valence electrons. The summed E-state index contributed by atoms with van der Waals surface area (Å²) in [4.78, 5) is 29.6. The first-order valence-corrected chi connectivity index (χ1v) is 12.9. The first-order chi connectivity index (χ1) is 16.5. The largest absolute Gasteiger partial charge is 0.387 e. The lowest BCUT2D eigenvalue weighted by Crippen LogP contribution is -2.52. The van der Waals surface area contributed by atoms with Gasteiger partial charge in [-0.05, 0) is 56.0 Å². The minimum Gasteiger partial charge on any atom is -0.387 e. The molecule has 0 unspecified atom stereocenters. The highest BCUT2D eigenvalue weighted by Crippen LogP contribution is 2.43. The fraction of sp³-hybridized carbons (Fsp3) is 0.577. The van der Waals surface area contributed by atoms with Gasteiger partial charge in [0.2, 0.25) is 5.91 Å². The molecule has 1 aromatic heterocycles. The minimum absolute atomic E-state index is 0.176. The van der Waals surface area contributed by atoms with Gasteiger partial charge in [0.1, 0.15) is 12.1 Å². The third-order valence-electron chi connectivity index (χ3n) is 7.87. The van der Waals surface area contributed by atoms with Crippen molar-refractivity contribution < 1.29 is 9.90 Å². The van der Waals surface area contributed by atoms with E-state index in [1.165, 1.54) is 0 Å². The fourth-order valence-corrected chi connectivity index (χ4v) is 6.24. The molecular weight excluding hydrogens is 450 g/mol. The second-order valence-corrected chi connectivity index (χ2v) is 10.3. The lowest BCUT2D eigenvalue weighted by Gasteiger charge is -2.40. The number of likely N-dealkylation sites (tertiary alicyclic amines) is 1. The molecule has 7 nitrogen and oxygen atoms in total. The normalized spacial score (nSPS) is 26.1. The summed E-state index contributed by atoms with van der Waals surface area (Å²) in [5, 5.41) is 11.0. The number of piperazine rings is 1. The Morgan fingerprint density at radius 2 is 1.88 bits per heavy atom. The maximum Gasteiger partial charge on any atom is 0.231 e. The number of hydrogen-bond donors (Lipinski definition) is 1. The van der Waals surface area contributed by atoms with Gasteiger partial charge in [-0.1, -0.05) is 37.6 Å². The summed E-state index contributed by atoms with van der Waals surface area (Å²) in [5.41, 5.74) is 2.89. The van der Waals surface area contributed by atoms with Crippen molar-refractivity contribution in [1.29, 1.82) is 0 Å². The maximum absolute atomic E-state index is 13.9. The molecule has 1 N–H and O–H groups in total. The Bertz CT molecular complexity index is 1020. The summed E-state index contributed by atoms with van der Waals surface area (Å²) >= 11 is 6.16. The first-order valence-electron chi connectivity index (χ1n) is 12.5. The summed E-state index contributed by atoms with van der Waals surface area (Å²) in [6, 6.07) is 8.05. The van der Waals surface area contributed by atoms with Crippen LogP contribution in [0.1, 0.15) is 67.9 Å². The molecule has 1 aromatic carbocycles.